The van der Waals surface area contributed by atoms with Crippen molar-refractivity contribution in [1.82, 2.24) is 0 Å². The molecule has 0 amide bonds. The van der Waals surface area contributed by atoms with Gasteiger partial charge in [-0.1, -0.05) is 36.8 Å². The third-order valence-electron chi connectivity index (χ3n) is 3.42. The summed E-state index contributed by atoms with van der Waals surface area (Å²) in [6.07, 6.45) is 6.02. The first-order valence-electron chi connectivity index (χ1n) is 6.84. The first-order chi connectivity index (χ1) is 9.41. The molecule has 1 unspecified atom stereocenters. The molecular formula is C18H24O2. The Morgan fingerprint density at radius 2 is 1.80 bits per heavy atom. The van der Waals surface area contributed by atoms with Gasteiger partial charge in [-0.05, 0) is 50.5 Å². The zero-order valence-corrected chi connectivity index (χ0v) is 13.1. The lowest BCUT2D eigenvalue weighted by Crippen LogP contribution is -2.19. The molecule has 0 bridgehead atoms. The Morgan fingerprint density at radius 1 is 1.20 bits per heavy atom. The van der Waals surface area contributed by atoms with Crippen LogP contribution in [0.2, 0.25) is 0 Å². The van der Waals surface area contributed by atoms with Crippen LogP contribution in [0, 0.1) is 0 Å². The quantitative estimate of drug-likeness (QED) is 0.434. The maximum atomic E-state index is 10.9. The molecular weight excluding hydrogens is 248 g/mol. The van der Waals surface area contributed by atoms with Gasteiger partial charge in [0.05, 0.1) is 7.11 Å². The van der Waals surface area contributed by atoms with Crippen LogP contribution in [0.3, 0.4) is 0 Å². The van der Waals surface area contributed by atoms with Crippen LogP contribution >= 0.6 is 0 Å². The first kappa shape index (κ1) is 16.2. The molecule has 0 spiro atoms. The van der Waals surface area contributed by atoms with Crippen molar-refractivity contribution < 1.29 is 9.53 Å². The van der Waals surface area contributed by atoms with Gasteiger partial charge in [0.25, 0.3) is 0 Å². The highest BCUT2D eigenvalue weighted by atomic mass is 16.5. The minimum absolute atomic E-state index is 0.186. The van der Waals surface area contributed by atoms with Crippen molar-refractivity contribution in [1.29, 1.82) is 0 Å². The molecule has 2 nitrogen and oxygen atoms in total. The first-order valence-corrected chi connectivity index (χ1v) is 6.84. The van der Waals surface area contributed by atoms with Gasteiger partial charge in [0.15, 0.2) is 0 Å². The lowest BCUT2D eigenvalue weighted by molar-refractivity contribution is -0.104. The van der Waals surface area contributed by atoms with Crippen molar-refractivity contribution in [2.24, 2.45) is 0 Å². The third kappa shape index (κ3) is 4.37. The standard InChI is InChI=1S/C18H24O2/c1-14(2)10-11-18(4,12-15(3)13-19)16-6-8-17(20-5)9-7-16/h6-10,12-13H,11H2,1-5H3/b15-12+. The predicted molar refractivity (Wildman–Crippen MR) is 84.2 cm³/mol. The van der Waals surface area contributed by atoms with E-state index < -0.39 is 0 Å². The highest BCUT2D eigenvalue weighted by Gasteiger charge is 2.23. The molecule has 1 atom stereocenters. The number of carbonyl (C=O) groups excluding carboxylic acids is 1. The van der Waals surface area contributed by atoms with Gasteiger partial charge in [0.1, 0.15) is 12.0 Å². The molecule has 1 aromatic carbocycles. The molecule has 0 radical (unpaired) electrons. The van der Waals surface area contributed by atoms with Crippen molar-refractivity contribution in [2.75, 3.05) is 7.11 Å². The molecule has 1 rings (SSSR count). The van der Waals surface area contributed by atoms with Crippen LogP contribution in [0.5, 0.6) is 5.75 Å². The van der Waals surface area contributed by atoms with Crippen molar-refractivity contribution in [3.8, 4) is 5.75 Å². The van der Waals surface area contributed by atoms with Gasteiger partial charge in [-0.25, -0.2) is 0 Å². The van der Waals surface area contributed by atoms with Crippen molar-refractivity contribution >= 4 is 6.29 Å². The van der Waals surface area contributed by atoms with Crippen LogP contribution in [0.15, 0.2) is 47.6 Å². The monoisotopic (exact) mass is 272 g/mol. The molecule has 0 aromatic heterocycles. The molecule has 0 aliphatic heterocycles. The number of methoxy groups -OCH3 is 1. The second-order valence-electron chi connectivity index (χ2n) is 5.64. The zero-order valence-electron chi connectivity index (χ0n) is 13.1. The summed E-state index contributed by atoms with van der Waals surface area (Å²) in [4.78, 5) is 10.9. The normalized spacial score (nSPS) is 14.3. The fourth-order valence-electron chi connectivity index (χ4n) is 2.18. The number of carbonyl (C=O) groups is 1. The molecule has 1 aromatic rings. The summed E-state index contributed by atoms with van der Waals surface area (Å²) >= 11 is 0. The molecule has 0 aliphatic rings. The number of ether oxygens (including phenoxy) is 1. The van der Waals surface area contributed by atoms with Crippen LogP contribution < -0.4 is 4.74 Å². The Morgan fingerprint density at radius 3 is 2.25 bits per heavy atom. The van der Waals surface area contributed by atoms with E-state index in [0.29, 0.717) is 0 Å². The average Bonchev–Trinajstić information content (AvgIpc) is 2.45. The summed E-state index contributed by atoms with van der Waals surface area (Å²) in [5.41, 5.74) is 3.03. The third-order valence-corrected chi connectivity index (χ3v) is 3.42. The summed E-state index contributed by atoms with van der Waals surface area (Å²) in [6, 6.07) is 8.04. The van der Waals surface area contributed by atoms with Gasteiger partial charge in [0.2, 0.25) is 0 Å². The minimum Gasteiger partial charge on any atom is -0.497 e. The minimum atomic E-state index is -0.186. The van der Waals surface area contributed by atoms with Gasteiger partial charge < -0.3 is 4.74 Å². The number of benzene rings is 1. The van der Waals surface area contributed by atoms with Crippen LogP contribution in [0.1, 0.15) is 39.7 Å². The second-order valence-corrected chi connectivity index (χ2v) is 5.64. The maximum absolute atomic E-state index is 10.9. The van der Waals surface area contributed by atoms with Crippen molar-refractivity contribution in [2.45, 2.75) is 39.5 Å². The Bertz CT molecular complexity index is 505. The topological polar surface area (TPSA) is 26.3 Å². The Kier molecular flexibility index (Phi) is 5.75. The van der Waals surface area contributed by atoms with Gasteiger partial charge in [-0.3, -0.25) is 4.79 Å². The van der Waals surface area contributed by atoms with Crippen molar-refractivity contribution in [3.05, 3.63) is 53.1 Å². The van der Waals surface area contributed by atoms with Gasteiger partial charge in [0, 0.05) is 5.41 Å². The smallest absolute Gasteiger partial charge is 0.145 e. The van der Waals surface area contributed by atoms with E-state index in [1.54, 1.807) is 7.11 Å². The molecule has 20 heavy (non-hydrogen) atoms. The predicted octanol–water partition coefficient (Wildman–Crippen LogP) is 4.45. The van der Waals surface area contributed by atoms with Crippen molar-refractivity contribution in [3.63, 3.8) is 0 Å². The summed E-state index contributed by atoms with van der Waals surface area (Å²) in [7, 11) is 1.66. The van der Waals surface area contributed by atoms with E-state index in [1.165, 1.54) is 11.1 Å². The van der Waals surface area contributed by atoms with Crippen LogP contribution in [0.25, 0.3) is 0 Å². The molecule has 0 saturated carbocycles. The fraction of sp³-hybridized carbons (Fsp3) is 0.389. The lowest BCUT2D eigenvalue weighted by Gasteiger charge is -2.26. The molecule has 2 heteroatoms. The van der Waals surface area contributed by atoms with Crippen LogP contribution in [-0.2, 0) is 10.2 Å². The highest BCUT2D eigenvalue weighted by Crippen LogP contribution is 2.32. The Labute approximate surface area is 122 Å². The van der Waals surface area contributed by atoms with E-state index in [-0.39, 0.29) is 5.41 Å². The number of aldehydes is 1. The summed E-state index contributed by atoms with van der Waals surface area (Å²) in [5.74, 6) is 0.842. The fourth-order valence-corrected chi connectivity index (χ4v) is 2.18. The van der Waals surface area contributed by atoms with E-state index in [2.05, 4.69) is 39.0 Å². The lowest BCUT2D eigenvalue weighted by atomic mass is 9.78. The largest absolute Gasteiger partial charge is 0.497 e. The van der Waals surface area contributed by atoms with E-state index in [4.69, 9.17) is 4.74 Å². The van der Waals surface area contributed by atoms with Gasteiger partial charge >= 0.3 is 0 Å². The van der Waals surface area contributed by atoms with E-state index in [0.717, 1.165) is 24.0 Å². The Balaban J connectivity index is 3.20. The van der Waals surface area contributed by atoms with Gasteiger partial charge in [-0.2, -0.15) is 0 Å². The summed E-state index contributed by atoms with van der Waals surface area (Å²) in [6.45, 7) is 8.17. The van der Waals surface area contributed by atoms with E-state index in [9.17, 15) is 4.79 Å². The number of hydrogen-bond acceptors (Lipinski definition) is 2. The van der Waals surface area contributed by atoms with E-state index >= 15 is 0 Å². The maximum Gasteiger partial charge on any atom is 0.145 e. The SMILES string of the molecule is COc1ccc(C(C)(/C=C(\C)C=O)CC=C(C)C)cc1. The van der Waals surface area contributed by atoms with Gasteiger partial charge in [-0.15, -0.1) is 0 Å². The number of rotatable bonds is 6. The van der Waals surface area contributed by atoms with Crippen LogP contribution in [0.4, 0.5) is 0 Å². The van der Waals surface area contributed by atoms with E-state index in [1.807, 2.05) is 25.1 Å². The Hall–Kier alpha value is -1.83. The molecule has 0 saturated heterocycles. The zero-order chi connectivity index (χ0) is 15.2. The molecule has 108 valence electrons. The summed E-state index contributed by atoms with van der Waals surface area (Å²) in [5, 5.41) is 0. The number of hydrogen-bond donors (Lipinski definition) is 0. The molecule has 0 heterocycles. The highest BCUT2D eigenvalue weighted by molar-refractivity contribution is 5.72. The molecule has 0 aliphatic carbocycles. The van der Waals surface area contributed by atoms with Crippen LogP contribution in [-0.4, -0.2) is 13.4 Å². The molecule has 0 fully saturated rings. The average molecular weight is 272 g/mol. The second kappa shape index (κ2) is 7.09. The number of allylic oxidation sites excluding steroid dienone is 4. The summed E-state index contributed by atoms with van der Waals surface area (Å²) < 4.78 is 5.20. The molecule has 0 N–H and O–H groups in total.